The van der Waals surface area contributed by atoms with E-state index in [1.807, 2.05) is 6.07 Å². The molecular weight excluding hydrogens is 335 g/mol. The Kier molecular flexibility index (Phi) is 4.67. The Morgan fingerprint density at radius 3 is 2.60 bits per heavy atom. The Balaban J connectivity index is 1.60. The fraction of sp³-hybridized carbons (Fsp3) is 0.278. The van der Waals surface area contributed by atoms with Crippen molar-refractivity contribution in [1.82, 2.24) is 5.32 Å². The normalized spacial score (nSPS) is 14.6. The fourth-order valence-electron chi connectivity index (χ4n) is 2.63. The maximum Gasteiger partial charge on any atom is 0.416 e. The van der Waals surface area contributed by atoms with Gasteiger partial charge in [-0.25, -0.2) is 0 Å². The van der Waals surface area contributed by atoms with Crippen molar-refractivity contribution in [2.45, 2.75) is 18.7 Å². The van der Waals surface area contributed by atoms with E-state index in [1.165, 1.54) is 0 Å². The lowest BCUT2D eigenvalue weighted by Crippen LogP contribution is -2.28. The molecule has 3 rings (SSSR count). The van der Waals surface area contributed by atoms with Gasteiger partial charge in [0.2, 0.25) is 0 Å². The summed E-state index contributed by atoms with van der Waals surface area (Å²) in [5.41, 5.74) is 0.939. The molecule has 1 amide bonds. The lowest BCUT2D eigenvalue weighted by atomic mass is 10.0. The molecule has 0 aliphatic carbocycles. The topological polar surface area (TPSA) is 58.6 Å². The minimum Gasteiger partial charge on any atom is -0.493 e. The predicted molar refractivity (Wildman–Crippen MR) is 84.4 cm³/mol. The predicted octanol–water partition coefficient (Wildman–Crippen LogP) is 3.10. The Morgan fingerprint density at radius 2 is 1.92 bits per heavy atom. The number of nitrogens with one attached hydrogen (secondary N) is 1. The van der Waals surface area contributed by atoms with Gasteiger partial charge in [-0.15, -0.1) is 0 Å². The number of carbonyl (C=O) groups excluding carboxylic acids is 1. The summed E-state index contributed by atoms with van der Waals surface area (Å²) in [6.45, 7) is 0.568. The van der Waals surface area contributed by atoms with Crippen LogP contribution in [0, 0.1) is 0 Å². The van der Waals surface area contributed by atoms with Gasteiger partial charge < -0.3 is 15.2 Å². The van der Waals surface area contributed by atoms with Gasteiger partial charge in [-0.1, -0.05) is 6.07 Å². The maximum absolute atomic E-state index is 12.5. The molecule has 1 aliphatic rings. The highest BCUT2D eigenvalue weighted by Crippen LogP contribution is 2.29. The van der Waals surface area contributed by atoms with E-state index < -0.39 is 23.8 Å². The second-order valence-corrected chi connectivity index (χ2v) is 5.77. The lowest BCUT2D eigenvalue weighted by molar-refractivity contribution is -0.137. The van der Waals surface area contributed by atoms with Crippen LogP contribution >= 0.6 is 0 Å². The van der Waals surface area contributed by atoms with Crippen LogP contribution in [-0.2, 0) is 12.6 Å². The van der Waals surface area contributed by atoms with Gasteiger partial charge in [-0.3, -0.25) is 4.79 Å². The van der Waals surface area contributed by atoms with E-state index in [-0.39, 0.29) is 12.1 Å². The summed E-state index contributed by atoms with van der Waals surface area (Å²) in [7, 11) is 0. The Bertz CT molecular complexity index is 772. The highest BCUT2D eigenvalue weighted by Gasteiger charge is 2.30. The average molecular weight is 351 g/mol. The number of aliphatic hydroxyl groups excluding tert-OH is 1. The molecule has 2 N–H and O–H groups in total. The van der Waals surface area contributed by atoms with Gasteiger partial charge in [-0.2, -0.15) is 13.2 Å². The second-order valence-electron chi connectivity index (χ2n) is 5.77. The highest BCUT2D eigenvalue weighted by atomic mass is 19.4. The number of amides is 1. The lowest BCUT2D eigenvalue weighted by Gasteiger charge is -2.14. The Hall–Kier alpha value is -2.54. The molecule has 2 aromatic carbocycles. The number of aliphatic hydroxyl groups is 1. The largest absolute Gasteiger partial charge is 0.493 e. The molecule has 1 aliphatic heterocycles. The van der Waals surface area contributed by atoms with Crippen molar-refractivity contribution in [3.05, 3.63) is 64.7 Å². The van der Waals surface area contributed by atoms with Gasteiger partial charge in [0.25, 0.3) is 5.91 Å². The van der Waals surface area contributed by atoms with Crippen molar-refractivity contribution in [1.29, 1.82) is 0 Å². The zero-order chi connectivity index (χ0) is 18.0. The Labute approximate surface area is 142 Å². The van der Waals surface area contributed by atoms with E-state index in [0.717, 1.165) is 42.0 Å². The summed E-state index contributed by atoms with van der Waals surface area (Å²) in [5.74, 6) is 0.252. The number of ether oxygens (including phenoxy) is 1. The summed E-state index contributed by atoms with van der Waals surface area (Å²) in [4.78, 5) is 12.0. The third-order valence-corrected chi connectivity index (χ3v) is 4.03. The monoisotopic (exact) mass is 351 g/mol. The van der Waals surface area contributed by atoms with Gasteiger partial charge in [0.15, 0.2) is 0 Å². The molecule has 0 radical (unpaired) electrons. The molecule has 2 aromatic rings. The molecule has 25 heavy (non-hydrogen) atoms. The molecule has 0 saturated carbocycles. The van der Waals surface area contributed by atoms with Crippen LogP contribution < -0.4 is 10.1 Å². The molecule has 1 unspecified atom stereocenters. The molecule has 0 bridgehead atoms. The number of alkyl halides is 3. The Morgan fingerprint density at radius 1 is 1.20 bits per heavy atom. The van der Waals surface area contributed by atoms with Crippen molar-refractivity contribution in [2.24, 2.45) is 0 Å². The summed E-state index contributed by atoms with van der Waals surface area (Å²) in [5, 5.41) is 12.7. The quantitative estimate of drug-likeness (QED) is 0.890. The summed E-state index contributed by atoms with van der Waals surface area (Å²) >= 11 is 0. The summed E-state index contributed by atoms with van der Waals surface area (Å²) in [6.07, 6.45) is -4.58. The molecule has 132 valence electrons. The zero-order valence-electron chi connectivity index (χ0n) is 13.1. The molecule has 0 aromatic heterocycles. The van der Waals surface area contributed by atoms with Crippen LogP contribution in [0.4, 0.5) is 13.2 Å². The molecule has 0 fully saturated rings. The van der Waals surface area contributed by atoms with E-state index in [0.29, 0.717) is 12.2 Å². The standard InChI is InChI=1S/C18H16F3NO3/c19-18(20,21)14-4-1-11(2-5-14)17(24)22-10-15(23)12-3-6-16-13(9-12)7-8-25-16/h1-6,9,15,23H,7-8,10H2,(H,22,24). The van der Waals surface area contributed by atoms with Crippen molar-refractivity contribution in [2.75, 3.05) is 13.2 Å². The molecular formula is C18H16F3NO3. The number of fused-ring (bicyclic) bond motifs is 1. The number of hydrogen-bond acceptors (Lipinski definition) is 3. The first-order chi connectivity index (χ1) is 11.8. The van der Waals surface area contributed by atoms with Crippen LogP contribution in [0.5, 0.6) is 5.75 Å². The molecule has 4 nitrogen and oxygen atoms in total. The summed E-state index contributed by atoms with van der Waals surface area (Å²) < 4.78 is 42.9. The number of benzene rings is 2. The number of rotatable bonds is 4. The molecule has 0 spiro atoms. The van der Waals surface area contributed by atoms with Crippen molar-refractivity contribution in [3.63, 3.8) is 0 Å². The molecule has 0 saturated heterocycles. The van der Waals surface area contributed by atoms with Gasteiger partial charge in [-0.05, 0) is 47.5 Å². The highest BCUT2D eigenvalue weighted by molar-refractivity contribution is 5.94. The van der Waals surface area contributed by atoms with E-state index in [9.17, 15) is 23.1 Å². The summed E-state index contributed by atoms with van der Waals surface area (Å²) in [6, 6.07) is 9.25. The van der Waals surface area contributed by atoms with Crippen LogP contribution in [-0.4, -0.2) is 24.2 Å². The van der Waals surface area contributed by atoms with E-state index in [2.05, 4.69) is 5.32 Å². The third-order valence-electron chi connectivity index (χ3n) is 4.03. The minimum atomic E-state index is -4.44. The first-order valence-corrected chi connectivity index (χ1v) is 7.74. The zero-order valence-corrected chi connectivity index (χ0v) is 13.1. The van der Waals surface area contributed by atoms with Gasteiger partial charge >= 0.3 is 6.18 Å². The average Bonchev–Trinajstić information content (AvgIpc) is 3.06. The smallest absolute Gasteiger partial charge is 0.416 e. The van der Waals surface area contributed by atoms with E-state index >= 15 is 0 Å². The number of carbonyl (C=O) groups is 1. The van der Waals surface area contributed by atoms with E-state index in [1.54, 1.807) is 12.1 Å². The van der Waals surface area contributed by atoms with Crippen molar-refractivity contribution in [3.8, 4) is 5.75 Å². The first kappa shape index (κ1) is 17.3. The van der Waals surface area contributed by atoms with Crippen LogP contribution in [0.1, 0.15) is 33.2 Å². The van der Waals surface area contributed by atoms with Gasteiger partial charge in [0, 0.05) is 18.5 Å². The maximum atomic E-state index is 12.5. The van der Waals surface area contributed by atoms with Crippen LogP contribution in [0.15, 0.2) is 42.5 Å². The van der Waals surface area contributed by atoms with Crippen molar-refractivity contribution >= 4 is 5.91 Å². The van der Waals surface area contributed by atoms with Crippen LogP contribution in [0.2, 0.25) is 0 Å². The van der Waals surface area contributed by atoms with Crippen LogP contribution in [0.25, 0.3) is 0 Å². The van der Waals surface area contributed by atoms with Gasteiger partial charge in [0.1, 0.15) is 5.75 Å². The number of halogens is 3. The first-order valence-electron chi connectivity index (χ1n) is 7.74. The third kappa shape index (κ3) is 3.93. The van der Waals surface area contributed by atoms with Gasteiger partial charge in [0.05, 0.1) is 18.3 Å². The molecule has 7 heteroatoms. The molecule has 1 heterocycles. The van der Waals surface area contributed by atoms with Crippen LogP contribution in [0.3, 0.4) is 0 Å². The fourth-order valence-corrected chi connectivity index (χ4v) is 2.63. The van der Waals surface area contributed by atoms with Crippen molar-refractivity contribution < 1.29 is 27.8 Å². The second kappa shape index (κ2) is 6.76. The molecule has 1 atom stereocenters. The number of hydrogen-bond donors (Lipinski definition) is 2. The van der Waals surface area contributed by atoms with E-state index in [4.69, 9.17) is 4.74 Å². The SMILES string of the molecule is O=C(NCC(O)c1ccc2c(c1)CCO2)c1ccc(C(F)(F)F)cc1. The minimum absolute atomic E-state index is 0.0422.